The molecule has 1 aliphatic heterocycles. The molecule has 3 N–H and O–H groups in total. The highest BCUT2D eigenvalue weighted by Gasteiger charge is 2.46. The molecule has 1 aromatic heterocycles. The molecule has 1 aliphatic rings. The Labute approximate surface area is 156 Å². The monoisotopic (exact) mass is 400 g/mol. The zero-order chi connectivity index (χ0) is 19.6. The van der Waals surface area contributed by atoms with Crippen LogP contribution in [0.2, 0.25) is 0 Å². The minimum Gasteiger partial charge on any atom is -0.390 e. The van der Waals surface area contributed by atoms with E-state index in [1.807, 2.05) is 0 Å². The van der Waals surface area contributed by atoms with Gasteiger partial charge in [-0.05, 0) is 25.1 Å². The standard InChI is InChI=1S/C16H15F3N4O3S/c1-8-21-13(6-27-8)26-15(24)22-9-2-3-11(17)10(4-9)16(14(18)19)7-25-5-12(20)23-16/h2-4,6,14H,5,7H2,1H3,(H2,20,23)(H,22,24)/t16-/m0/s1. The Bertz CT molecular complexity index is 890. The Morgan fingerprint density at radius 1 is 1.48 bits per heavy atom. The van der Waals surface area contributed by atoms with Crippen LogP contribution in [0, 0.1) is 12.7 Å². The van der Waals surface area contributed by atoms with Gasteiger partial charge >= 0.3 is 6.09 Å². The number of hydrogen-bond acceptors (Lipinski definition) is 7. The fourth-order valence-corrected chi connectivity index (χ4v) is 3.08. The molecular weight excluding hydrogens is 385 g/mol. The number of rotatable bonds is 4. The highest BCUT2D eigenvalue weighted by molar-refractivity contribution is 7.09. The van der Waals surface area contributed by atoms with Crippen molar-refractivity contribution in [2.24, 2.45) is 10.7 Å². The molecular formula is C16H15F3N4O3S. The van der Waals surface area contributed by atoms with Crippen LogP contribution in [-0.2, 0) is 10.3 Å². The third-order valence-corrected chi connectivity index (χ3v) is 4.50. The number of thiazole rings is 1. The number of benzene rings is 1. The van der Waals surface area contributed by atoms with Crippen molar-refractivity contribution in [2.45, 2.75) is 18.9 Å². The van der Waals surface area contributed by atoms with Crippen molar-refractivity contribution in [1.29, 1.82) is 0 Å². The maximum Gasteiger partial charge on any atom is 0.418 e. The van der Waals surface area contributed by atoms with E-state index in [1.165, 1.54) is 22.8 Å². The van der Waals surface area contributed by atoms with Crippen LogP contribution in [0.25, 0.3) is 0 Å². The van der Waals surface area contributed by atoms with Crippen molar-refractivity contribution in [3.63, 3.8) is 0 Å². The first kappa shape index (κ1) is 19.1. The lowest BCUT2D eigenvalue weighted by Gasteiger charge is -2.33. The van der Waals surface area contributed by atoms with Crippen LogP contribution in [0.15, 0.2) is 28.6 Å². The number of aromatic nitrogens is 1. The van der Waals surface area contributed by atoms with Crippen LogP contribution in [-0.4, -0.2) is 36.6 Å². The zero-order valence-corrected chi connectivity index (χ0v) is 14.9. The summed E-state index contributed by atoms with van der Waals surface area (Å²) < 4.78 is 51.9. The molecule has 27 heavy (non-hydrogen) atoms. The summed E-state index contributed by atoms with van der Waals surface area (Å²) in [6.07, 6.45) is -3.97. The van der Waals surface area contributed by atoms with Gasteiger partial charge in [-0.25, -0.2) is 22.9 Å². The zero-order valence-electron chi connectivity index (χ0n) is 14.0. The quantitative estimate of drug-likeness (QED) is 0.822. The average molecular weight is 400 g/mol. The molecule has 2 heterocycles. The molecule has 0 saturated carbocycles. The van der Waals surface area contributed by atoms with Gasteiger partial charge in [0.15, 0.2) is 5.54 Å². The molecule has 7 nitrogen and oxygen atoms in total. The van der Waals surface area contributed by atoms with Crippen molar-refractivity contribution in [3.05, 3.63) is 40.0 Å². The van der Waals surface area contributed by atoms with E-state index >= 15 is 0 Å². The first-order valence-corrected chi connectivity index (χ1v) is 8.59. The third kappa shape index (κ3) is 4.03. The first-order chi connectivity index (χ1) is 12.8. The van der Waals surface area contributed by atoms with Crippen LogP contribution < -0.4 is 15.8 Å². The molecule has 0 radical (unpaired) electrons. The maximum atomic E-state index is 14.3. The molecule has 0 spiro atoms. The molecule has 0 bridgehead atoms. The number of hydrogen-bond donors (Lipinski definition) is 2. The van der Waals surface area contributed by atoms with Crippen LogP contribution >= 0.6 is 11.3 Å². The van der Waals surface area contributed by atoms with Crippen LogP contribution in [0.4, 0.5) is 23.7 Å². The normalized spacial score (nSPS) is 19.7. The SMILES string of the molecule is Cc1nc(OC(=O)Nc2ccc(F)c([C@]3(C(F)F)COCC(N)=N3)c2)cs1. The van der Waals surface area contributed by atoms with Gasteiger partial charge in [0.2, 0.25) is 5.88 Å². The van der Waals surface area contributed by atoms with Gasteiger partial charge in [-0.3, -0.25) is 10.3 Å². The number of carbonyl (C=O) groups excluding carboxylic acids is 1. The van der Waals surface area contributed by atoms with Gasteiger partial charge in [0.1, 0.15) is 18.3 Å². The van der Waals surface area contributed by atoms with E-state index in [-0.39, 0.29) is 24.0 Å². The number of anilines is 1. The summed E-state index contributed by atoms with van der Waals surface area (Å²) in [6.45, 7) is 1.08. The second-order valence-electron chi connectivity index (χ2n) is 5.73. The number of amides is 1. The van der Waals surface area contributed by atoms with Gasteiger partial charge in [0.25, 0.3) is 6.43 Å². The summed E-state index contributed by atoms with van der Waals surface area (Å²) >= 11 is 1.29. The molecule has 0 saturated heterocycles. The number of nitrogens with zero attached hydrogens (tertiary/aromatic N) is 2. The van der Waals surface area contributed by atoms with E-state index in [0.717, 1.165) is 12.1 Å². The number of carbonyl (C=O) groups is 1. The topological polar surface area (TPSA) is 98.8 Å². The minimum absolute atomic E-state index is 0.0442. The minimum atomic E-state index is -3.08. The molecule has 2 aromatic rings. The Kier molecular flexibility index (Phi) is 5.33. The summed E-state index contributed by atoms with van der Waals surface area (Å²) in [4.78, 5) is 19.7. The number of halogens is 3. The second-order valence-corrected chi connectivity index (χ2v) is 6.80. The number of amidine groups is 1. The summed E-state index contributed by atoms with van der Waals surface area (Å²) in [5.74, 6) is -0.997. The molecule has 0 aliphatic carbocycles. The number of alkyl halides is 2. The van der Waals surface area contributed by atoms with Gasteiger partial charge in [0.05, 0.1) is 17.0 Å². The molecule has 1 amide bonds. The molecule has 1 aromatic carbocycles. The van der Waals surface area contributed by atoms with Crippen LogP contribution in [0.3, 0.4) is 0 Å². The van der Waals surface area contributed by atoms with E-state index in [9.17, 15) is 18.0 Å². The lowest BCUT2D eigenvalue weighted by atomic mass is 9.90. The van der Waals surface area contributed by atoms with Crippen molar-refractivity contribution >= 4 is 29.0 Å². The summed E-state index contributed by atoms with van der Waals surface area (Å²) in [5.41, 5.74) is 2.83. The maximum absolute atomic E-state index is 14.3. The van der Waals surface area contributed by atoms with Crippen molar-refractivity contribution < 1.29 is 27.4 Å². The fourth-order valence-electron chi connectivity index (χ4n) is 2.56. The fraction of sp³-hybridized carbons (Fsp3) is 0.312. The summed E-state index contributed by atoms with van der Waals surface area (Å²) in [5, 5.41) is 4.58. The number of nitrogens with one attached hydrogen (secondary N) is 1. The van der Waals surface area contributed by atoms with Crippen molar-refractivity contribution in [1.82, 2.24) is 4.98 Å². The van der Waals surface area contributed by atoms with E-state index < -0.39 is 36.0 Å². The summed E-state index contributed by atoms with van der Waals surface area (Å²) in [6, 6.07) is 3.21. The lowest BCUT2D eigenvalue weighted by Crippen LogP contribution is -2.45. The Hall–Kier alpha value is -2.66. The Morgan fingerprint density at radius 2 is 2.26 bits per heavy atom. The largest absolute Gasteiger partial charge is 0.418 e. The van der Waals surface area contributed by atoms with E-state index in [1.54, 1.807) is 6.92 Å². The van der Waals surface area contributed by atoms with Crippen molar-refractivity contribution in [2.75, 3.05) is 18.5 Å². The second kappa shape index (κ2) is 7.53. The molecule has 0 unspecified atom stereocenters. The van der Waals surface area contributed by atoms with Gasteiger partial charge in [0, 0.05) is 11.3 Å². The number of nitrogens with two attached hydrogens (primary N) is 1. The van der Waals surface area contributed by atoms with E-state index in [0.29, 0.717) is 5.01 Å². The molecule has 0 fully saturated rings. The van der Waals surface area contributed by atoms with Crippen LogP contribution in [0.1, 0.15) is 10.6 Å². The van der Waals surface area contributed by atoms with Crippen molar-refractivity contribution in [3.8, 4) is 5.88 Å². The smallest absolute Gasteiger partial charge is 0.390 e. The predicted octanol–water partition coefficient (Wildman–Crippen LogP) is 3.05. The molecule has 3 rings (SSSR count). The average Bonchev–Trinajstić information content (AvgIpc) is 3.01. The Morgan fingerprint density at radius 3 is 2.89 bits per heavy atom. The summed E-state index contributed by atoms with van der Waals surface area (Å²) in [7, 11) is 0. The molecule has 11 heteroatoms. The first-order valence-electron chi connectivity index (χ1n) is 7.71. The van der Waals surface area contributed by atoms with E-state index in [4.69, 9.17) is 15.2 Å². The molecule has 144 valence electrons. The highest BCUT2D eigenvalue weighted by Crippen LogP contribution is 2.38. The Balaban J connectivity index is 1.87. The molecule has 1 atom stereocenters. The van der Waals surface area contributed by atoms with Gasteiger partial charge in [-0.15, -0.1) is 11.3 Å². The van der Waals surface area contributed by atoms with E-state index in [2.05, 4.69) is 15.3 Å². The number of aliphatic imine (C=N–C) groups is 1. The van der Waals surface area contributed by atoms with Gasteiger partial charge < -0.3 is 15.2 Å². The number of ether oxygens (including phenoxy) is 2. The predicted molar refractivity (Wildman–Crippen MR) is 93.0 cm³/mol. The van der Waals surface area contributed by atoms with Gasteiger partial charge in [-0.1, -0.05) is 0 Å². The third-order valence-electron chi connectivity index (χ3n) is 3.75. The van der Waals surface area contributed by atoms with Crippen LogP contribution in [0.5, 0.6) is 5.88 Å². The number of aryl methyl sites for hydroxylation is 1. The van der Waals surface area contributed by atoms with Gasteiger partial charge in [-0.2, -0.15) is 0 Å². The highest BCUT2D eigenvalue weighted by atomic mass is 32.1. The lowest BCUT2D eigenvalue weighted by molar-refractivity contribution is -0.0145.